The second-order valence-corrected chi connectivity index (χ2v) is 4.75. The number of rotatable bonds is 4. The van der Waals surface area contributed by atoms with Gasteiger partial charge in [0.25, 0.3) is 0 Å². The highest BCUT2D eigenvalue weighted by Crippen LogP contribution is 2.18. The third kappa shape index (κ3) is 3.05. The second kappa shape index (κ2) is 5.80. The van der Waals surface area contributed by atoms with Crippen molar-refractivity contribution in [3.05, 3.63) is 21.9 Å². The number of nitriles is 1. The Bertz CT molecular complexity index is 429. The Labute approximate surface area is 104 Å². The van der Waals surface area contributed by atoms with Crippen molar-refractivity contribution in [3.63, 3.8) is 0 Å². The van der Waals surface area contributed by atoms with Crippen LogP contribution in [0.15, 0.2) is 11.4 Å². The fraction of sp³-hybridized carbons (Fsp3) is 0.500. The van der Waals surface area contributed by atoms with Crippen molar-refractivity contribution in [1.82, 2.24) is 0 Å². The minimum Gasteiger partial charge on any atom is -0.461 e. The summed E-state index contributed by atoms with van der Waals surface area (Å²) >= 11 is 1.24. The number of esters is 1. The van der Waals surface area contributed by atoms with Crippen LogP contribution in [0.2, 0.25) is 0 Å². The number of nitrogens with zero attached hydrogens (tertiary/aromatic N) is 1. The molecule has 90 valence electrons. The lowest BCUT2D eigenvalue weighted by Gasteiger charge is -2.09. The van der Waals surface area contributed by atoms with Crippen molar-refractivity contribution >= 4 is 17.3 Å². The molecule has 0 unspecified atom stereocenters. The van der Waals surface area contributed by atoms with Gasteiger partial charge in [0, 0.05) is 13.0 Å². The van der Waals surface area contributed by atoms with Crippen LogP contribution in [0.1, 0.15) is 34.5 Å². The maximum Gasteiger partial charge on any atom is 0.349 e. The molecule has 5 heteroatoms. The molecule has 1 aromatic heterocycles. The molecule has 1 fully saturated rings. The first-order valence-corrected chi connectivity index (χ1v) is 6.45. The van der Waals surface area contributed by atoms with E-state index in [1.807, 2.05) is 6.07 Å². The van der Waals surface area contributed by atoms with Gasteiger partial charge >= 0.3 is 5.97 Å². The standard InChI is InChI=1S/C12H13NO3S/c13-8-9-4-7-17-11(9)12(14)16-6-3-10-2-1-5-15-10/h4,7,10H,1-3,5-6H2/t10-/m1/s1. The van der Waals surface area contributed by atoms with Crippen LogP contribution in [0.4, 0.5) is 0 Å². The molecule has 2 heterocycles. The van der Waals surface area contributed by atoms with Gasteiger partial charge in [0.1, 0.15) is 10.9 Å². The molecule has 0 amide bonds. The van der Waals surface area contributed by atoms with Crippen LogP contribution in [-0.4, -0.2) is 25.3 Å². The summed E-state index contributed by atoms with van der Waals surface area (Å²) in [4.78, 5) is 12.0. The van der Waals surface area contributed by atoms with E-state index < -0.39 is 5.97 Å². The third-order valence-corrected chi connectivity index (χ3v) is 3.56. The van der Waals surface area contributed by atoms with Crippen molar-refractivity contribution in [2.24, 2.45) is 0 Å². The molecule has 1 aliphatic heterocycles. The molecule has 1 atom stereocenters. The summed E-state index contributed by atoms with van der Waals surface area (Å²) in [6, 6.07) is 3.60. The fourth-order valence-electron chi connectivity index (χ4n) is 1.78. The molecule has 17 heavy (non-hydrogen) atoms. The van der Waals surface area contributed by atoms with Crippen molar-refractivity contribution in [3.8, 4) is 6.07 Å². The molecule has 4 nitrogen and oxygen atoms in total. The molecule has 0 aliphatic carbocycles. The van der Waals surface area contributed by atoms with Crippen LogP contribution in [-0.2, 0) is 9.47 Å². The third-order valence-electron chi connectivity index (χ3n) is 2.67. The van der Waals surface area contributed by atoms with E-state index in [2.05, 4.69) is 0 Å². The number of carbonyl (C=O) groups is 1. The van der Waals surface area contributed by atoms with Crippen LogP contribution >= 0.6 is 11.3 Å². The number of ether oxygens (including phenoxy) is 2. The van der Waals surface area contributed by atoms with E-state index in [9.17, 15) is 4.79 Å². The molecular weight excluding hydrogens is 238 g/mol. The van der Waals surface area contributed by atoms with Crippen LogP contribution in [0, 0.1) is 11.3 Å². The molecule has 0 bridgehead atoms. The van der Waals surface area contributed by atoms with Crippen molar-refractivity contribution in [1.29, 1.82) is 5.26 Å². The fourth-order valence-corrected chi connectivity index (χ4v) is 2.51. The molecule has 1 aromatic rings. The lowest BCUT2D eigenvalue weighted by atomic mass is 10.2. The molecule has 2 rings (SSSR count). The quantitative estimate of drug-likeness (QED) is 0.771. The van der Waals surface area contributed by atoms with Gasteiger partial charge in [-0.15, -0.1) is 11.3 Å². The number of hydrogen-bond acceptors (Lipinski definition) is 5. The Hall–Kier alpha value is -1.38. The average molecular weight is 251 g/mol. The zero-order chi connectivity index (χ0) is 12.1. The first-order valence-electron chi connectivity index (χ1n) is 5.57. The van der Waals surface area contributed by atoms with Gasteiger partial charge in [0.2, 0.25) is 0 Å². The molecule has 1 saturated heterocycles. The number of carbonyl (C=O) groups excluding carboxylic acids is 1. The zero-order valence-corrected chi connectivity index (χ0v) is 10.2. The summed E-state index contributed by atoms with van der Waals surface area (Å²) in [5.41, 5.74) is 0.386. The highest BCUT2D eigenvalue weighted by atomic mass is 32.1. The Balaban J connectivity index is 1.79. The van der Waals surface area contributed by atoms with E-state index >= 15 is 0 Å². The van der Waals surface area contributed by atoms with E-state index in [1.165, 1.54) is 11.3 Å². The Morgan fingerprint density at radius 2 is 2.59 bits per heavy atom. The van der Waals surface area contributed by atoms with E-state index in [0.717, 1.165) is 25.9 Å². The highest BCUT2D eigenvalue weighted by molar-refractivity contribution is 7.12. The predicted octanol–water partition coefficient (Wildman–Crippen LogP) is 2.35. The van der Waals surface area contributed by atoms with Crippen LogP contribution in [0.3, 0.4) is 0 Å². The van der Waals surface area contributed by atoms with Gasteiger partial charge in [-0.1, -0.05) is 0 Å². The summed E-state index contributed by atoms with van der Waals surface area (Å²) in [5.74, 6) is -0.408. The second-order valence-electron chi connectivity index (χ2n) is 3.83. The van der Waals surface area contributed by atoms with E-state index in [4.69, 9.17) is 14.7 Å². The van der Waals surface area contributed by atoms with Gasteiger partial charge in [-0.3, -0.25) is 0 Å². The Kier molecular flexibility index (Phi) is 4.13. The Morgan fingerprint density at radius 3 is 3.29 bits per heavy atom. The summed E-state index contributed by atoms with van der Waals surface area (Å²) < 4.78 is 10.6. The van der Waals surface area contributed by atoms with Gasteiger partial charge in [-0.05, 0) is 24.3 Å². The molecule has 0 spiro atoms. The normalized spacial score (nSPS) is 18.9. The number of thiophene rings is 1. The van der Waals surface area contributed by atoms with Crippen molar-refractivity contribution in [2.45, 2.75) is 25.4 Å². The molecule has 0 N–H and O–H groups in total. The first-order chi connectivity index (χ1) is 8.31. The lowest BCUT2D eigenvalue weighted by Crippen LogP contribution is -2.12. The predicted molar refractivity (Wildman–Crippen MR) is 62.9 cm³/mol. The minimum absolute atomic E-state index is 0.224. The highest BCUT2D eigenvalue weighted by Gasteiger charge is 2.18. The van der Waals surface area contributed by atoms with Crippen molar-refractivity contribution < 1.29 is 14.3 Å². The van der Waals surface area contributed by atoms with Gasteiger partial charge in [0.15, 0.2) is 0 Å². The molecule has 0 radical (unpaired) electrons. The van der Waals surface area contributed by atoms with Crippen molar-refractivity contribution in [2.75, 3.05) is 13.2 Å². The summed E-state index contributed by atoms with van der Waals surface area (Å²) in [7, 11) is 0. The monoisotopic (exact) mass is 251 g/mol. The van der Waals surface area contributed by atoms with Gasteiger partial charge < -0.3 is 9.47 Å². The zero-order valence-electron chi connectivity index (χ0n) is 9.35. The molecule has 0 saturated carbocycles. The van der Waals surface area contributed by atoms with Gasteiger partial charge in [-0.25, -0.2) is 4.79 Å². The Morgan fingerprint density at radius 1 is 1.71 bits per heavy atom. The van der Waals surface area contributed by atoms with Crippen LogP contribution in [0.25, 0.3) is 0 Å². The minimum atomic E-state index is -0.408. The maximum absolute atomic E-state index is 11.7. The van der Waals surface area contributed by atoms with E-state index in [0.29, 0.717) is 17.0 Å². The average Bonchev–Trinajstić information content (AvgIpc) is 2.99. The SMILES string of the molecule is N#Cc1ccsc1C(=O)OCC[C@H]1CCCO1. The van der Waals surface area contributed by atoms with E-state index in [-0.39, 0.29) is 6.10 Å². The van der Waals surface area contributed by atoms with Gasteiger partial charge in [-0.2, -0.15) is 5.26 Å². The number of hydrogen-bond donors (Lipinski definition) is 0. The van der Waals surface area contributed by atoms with Gasteiger partial charge in [0.05, 0.1) is 18.3 Å². The smallest absolute Gasteiger partial charge is 0.349 e. The summed E-state index contributed by atoms with van der Waals surface area (Å²) in [6.07, 6.45) is 3.09. The largest absolute Gasteiger partial charge is 0.461 e. The molecule has 0 aromatic carbocycles. The van der Waals surface area contributed by atoms with E-state index in [1.54, 1.807) is 11.4 Å². The molecule has 1 aliphatic rings. The lowest BCUT2D eigenvalue weighted by molar-refractivity contribution is 0.0390. The molecular formula is C12H13NO3S. The summed E-state index contributed by atoms with van der Waals surface area (Å²) in [6.45, 7) is 1.16. The topological polar surface area (TPSA) is 59.3 Å². The maximum atomic E-state index is 11.7. The van der Waals surface area contributed by atoms with Crippen LogP contribution < -0.4 is 0 Å². The summed E-state index contributed by atoms with van der Waals surface area (Å²) in [5, 5.41) is 10.5. The first kappa shape index (κ1) is 12.1. The van der Waals surface area contributed by atoms with Crippen LogP contribution in [0.5, 0.6) is 0 Å².